The van der Waals surface area contributed by atoms with Crippen LogP contribution in [0.5, 0.6) is 0 Å². The predicted octanol–water partition coefficient (Wildman–Crippen LogP) is -2.92. The molecule has 17 heavy (non-hydrogen) atoms. The summed E-state index contributed by atoms with van der Waals surface area (Å²) in [4.78, 5) is 22.5. The zero-order valence-corrected chi connectivity index (χ0v) is 9.14. The predicted molar refractivity (Wildman–Crippen MR) is 56.9 cm³/mol. The summed E-state index contributed by atoms with van der Waals surface area (Å²) in [5.74, 6) is -0.915. The summed E-state index contributed by atoms with van der Waals surface area (Å²) in [5.41, 5.74) is 0.756. The maximum Gasteiger partial charge on any atom is 0.268 e. The van der Waals surface area contributed by atoms with Crippen LogP contribution in [0.4, 0.5) is 0 Å². The molecule has 0 aromatic carbocycles. The van der Waals surface area contributed by atoms with Crippen LogP contribution in [0.1, 0.15) is 12.8 Å². The highest BCUT2D eigenvalue weighted by Crippen LogP contribution is 2.05. The number of hydrogen-bond donors (Lipinski definition) is 5. The highest BCUT2D eigenvalue weighted by Gasteiger charge is 2.32. The van der Waals surface area contributed by atoms with Gasteiger partial charge in [-0.15, -0.1) is 0 Å². The summed E-state index contributed by atoms with van der Waals surface area (Å²) in [6, 6.07) is 0. The molecule has 0 unspecified atom stereocenters. The maximum absolute atomic E-state index is 11.7. The zero-order valence-electron chi connectivity index (χ0n) is 9.14. The van der Waals surface area contributed by atoms with E-state index in [1.165, 1.54) is 0 Å². The van der Waals surface area contributed by atoms with Gasteiger partial charge in [-0.05, 0) is 0 Å². The third-order valence-corrected chi connectivity index (χ3v) is 2.45. The molecular formula is C9H15N3O5. The Morgan fingerprint density at radius 2 is 1.88 bits per heavy atom. The fraction of sp³-hybridized carbons (Fsp3) is 0.667. The fourth-order valence-electron chi connectivity index (χ4n) is 1.22. The molecule has 96 valence electrons. The molecule has 1 aliphatic heterocycles. The molecule has 0 atom stereocenters. The zero-order chi connectivity index (χ0) is 12.9. The Kier molecular flexibility index (Phi) is 4.55. The highest BCUT2D eigenvalue weighted by atomic mass is 16.3. The van der Waals surface area contributed by atoms with E-state index in [1.807, 2.05) is 0 Å². The van der Waals surface area contributed by atoms with E-state index < -0.39 is 31.3 Å². The first-order valence-electron chi connectivity index (χ1n) is 5.07. The van der Waals surface area contributed by atoms with E-state index in [2.05, 4.69) is 15.8 Å². The minimum atomic E-state index is -1.49. The molecule has 0 bridgehead atoms. The number of carbonyl (C=O) groups is 2. The van der Waals surface area contributed by atoms with Crippen molar-refractivity contribution in [2.24, 2.45) is 5.10 Å². The Labute approximate surface area is 97.3 Å². The second kappa shape index (κ2) is 5.71. The van der Waals surface area contributed by atoms with Crippen molar-refractivity contribution in [2.75, 3.05) is 19.8 Å². The summed E-state index contributed by atoms with van der Waals surface area (Å²) in [6.45, 7) is -1.82. The molecule has 1 aliphatic rings. The van der Waals surface area contributed by atoms with Crippen LogP contribution in [0.3, 0.4) is 0 Å². The number of nitrogens with zero attached hydrogens (tertiary/aromatic N) is 1. The summed E-state index contributed by atoms with van der Waals surface area (Å²) in [7, 11) is 0. The lowest BCUT2D eigenvalue weighted by Gasteiger charge is -2.29. The Balaban J connectivity index is 2.68. The van der Waals surface area contributed by atoms with Crippen molar-refractivity contribution in [1.82, 2.24) is 10.7 Å². The monoisotopic (exact) mass is 245 g/mol. The van der Waals surface area contributed by atoms with Gasteiger partial charge < -0.3 is 20.6 Å². The van der Waals surface area contributed by atoms with E-state index in [1.54, 1.807) is 0 Å². The summed E-state index contributed by atoms with van der Waals surface area (Å²) >= 11 is 0. The molecule has 0 saturated heterocycles. The number of carbonyl (C=O) groups excluding carboxylic acids is 2. The molecular weight excluding hydrogens is 230 g/mol. The van der Waals surface area contributed by atoms with Gasteiger partial charge in [-0.25, -0.2) is 5.43 Å². The highest BCUT2D eigenvalue weighted by molar-refractivity contribution is 6.39. The largest absolute Gasteiger partial charge is 0.394 e. The standard InChI is InChI=1S/C9H15N3O5/c13-3-9(4-14,5-15)10-8(17)6-1-2-7(16)12-11-6/h13-15H,1-5H2,(H,10,17)(H,12,16). The molecule has 1 heterocycles. The lowest BCUT2D eigenvalue weighted by molar-refractivity contribution is -0.121. The molecule has 0 aromatic heterocycles. The Morgan fingerprint density at radius 1 is 1.29 bits per heavy atom. The molecule has 8 nitrogen and oxygen atoms in total. The SMILES string of the molecule is O=C1CCC(C(=O)NC(CO)(CO)CO)=NN1. The van der Waals surface area contributed by atoms with Crippen LogP contribution >= 0.6 is 0 Å². The van der Waals surface area contributed by atoms with E-state index in [-0.39, 0.29) is 24.5 Å². The van der Waals surface area contributed by atoms with Crippen LogP contribution in [-0.4, -0.2) is 58.2 Å². The average molecular weight is 245 g/mol. The summed E-state index contributed by atoms with van der Waals surface area (Å²) < 4.78 is 0. The number of aliphatic hydroxyl groups excluding tert-OH is 3. The van der Waals surface area contributed by atoms with Crippen molar-refractivity contribution < 1.29 is 24.9 Å². The molecule has 1 rings (SSSR count). The van der Waals surface area contributed by atoms with Crippen molar-refractivity contribution >= 4 is 17.5 Å². The van der Waals surface area contributed by atoms with Gasteiger partial charge in [0.1, 0.15) is 11.3 Å². The summed E-state index contributed by atoms with van der Waals surface area (Å²) in [6.07, 6.45) is 0.326. The van der Waals surface area contributed by atoms with E-state index in [0.29, 0.717) is 0 Å². The molecule has 5 N–H and O–H groups in total. The number of amides is 2. The minimum Gasteiger partial charge on any atom is -0.394 e. The molecule has 2 amide bonds. The summed E-state index contributed by atoms with van der Waals surface area (Å²) in [5, 5.41) is 32.9. The van der Waals surface area contributed by atoms with Crippen LogP contribution in [-0.2, 0) is 9.59 Å². The van der Waals surface area contributed by atoms with Gasteiger partial charge in [-0.1, -0.05) is 0 Å². The molecule has 0 radical (unpaired) electrons. The Morgan fingerprint density at radius 3 is 2.29 bits per heavy atom. The molecule has 8 heteroatoms. The first kappa shape index (κ1) is 13.6. The maximum atomic E-state index is 11.7. The second-order valence-electron chi connectivity index (χ2n) is 3.80. The number of hydrazone groups is 1. The van der Waals surface area contributed by atoms with Crippen LogP contribution in [0.2, 0.25) is 0 Å². The molecule has 0 fully saturated rings. The lowest BCUT2D eigenvalue weighted by Crippen LogP contribution is -2.58. The third kappa shape index (κ3) is 3.22. The third-order valence-electron chi connectivity index (χ3n) is 2.45. The topological polar surface area (TPSA) is 131 Å². The first-order chi connectivity index (χ1) is 8.06. The first-order valence-corrected chi connectivity index (χ1v) is 5.07. The number of nitrogens with one attached hydrogen (secondary N) is 2. The van der Waals surface area contributed by atoms with Gasteiger partial charge in [0.25, 0.3) is 5.91 Å². The van der Waals surface area contributed by atoms with Crippen molar-refractivity contribution in [2.45, 2.75) is 18.4 Å². The molecule has 0 aromatic rings. The van der Waals surface area contributed by atoms with Crippen LogP contribution in [0.25, 0.3) is 0 Å². The van der Waals surface area contributed by atoms with Crippen LogP contribution in [0.15, 0.2) is 5.10 Å². The number of aliphatic hydroxyl groups is 3. The minimum absolute atomic E-state index is 0.0873. The van der Waals surface area contributed by atoms with Gasteiger partial charge in [0, 0.05) is 12.8 Å². The van der Waals surface area contributed by atoms with Gasteiger partial charge >= 0.3 is 0 Å². The van der Waals surface area contributed by atoms with E-state index in [4.69, 9.17) is 15.3 Å². The smallest absolute Gasteiger partial charge is 0.268 e. The quantitative estimate of drug-likeness (QED) is 0.354. The van der Waals surface area contributed by atoms with Crippen LogP contribution in [0, 0.1) is 0 Å². The number of rotatable bonds is 5. The average Bonchev–Trinajstić information content (AvgIpc) is 2.37. The van der Waals surface area contributed by atoms with E-state index in [0.717, 1.165) is 0 Å². The molecule has 0 saturated carbocycles. The molecule has 0 aliphatic carbocycles. The Hall–Kier alpha value is -1.51. The van der Waals surface area contributed by atoms with Gasteiger partial charge in [-0.3, -0.25) is 9.59 Å². The van der Waals surface area contributed by atoms with Crippen molar-refractivity contribution in [1.29, 1.82) is 0 Å². The van der Waals surface area contributed by atoms with E-state index >= 15 is 0 Å². The van der Waals surface area contributed by atoms with Gasteiger partial charge in [0.15, 0.2) is 0 Å². The van der Waals surface area contributed by atoms with Crippen molar-refractivity contribution in [3.63, 3.8) is 0 Å². The van der Waals surface area contributed by atoms with Crippen LogP contribution < -0.4 is 10.7 Å². The fourth-order valence-corrected chi connectivity index (χ4v) is 1.22. The van der Waals surface area contributed by atoms with Crippen molar-refractivity contribution in [3.05, 3.63) is 0 Å². The van der Waals surface area contributed by atoms with E-state index in [9.17, 15) is 9.59 Å². The van der Waals surface area contributed by atoms with Gasteiger partial charge in [0.2, 0.25) is 5.91 Å². The van der Waals surface area contributed by atoms with Gasteiger partial charge in [-0.2, -0.15) is 5.10 Å². The number of hydrogen-bond acceptors (Lipinski definition) is 6. The lowest BCUT2D eigenvalue weighted by atomic mass is 10.0. The van der Waals surface area contributed by atoms with Crippen molar-refractivity contribution in [3.8, 4) is 0 Å². The Bertz CT molecular complexity index is 329. The molecule has 0 spiro atoms. The normalized spacial score (nSPS) is 16.2. The second-order valence-corrected chi connectivity index (χ2v) is 3.80. The van der Waals surface area contributed by atoms with Gasteiger partial charge in [0.05, 0.1) is 19.8 Å².